The molecule has 1 heterocycles. The third-order valence-corrected chi connectivity index (χ3v) is 4.70. The van der Waals surface area contributed by atoms with E-state index >= 15 is 0 Å². The Kier molecular flexibility index (Phi) is 3.48. The number of carboxylic acids is 1. The van der Waals surface area contributed by atoms with Gasteiger partial charge < -0.3 is 5.11 Å². The highest BCUT2D eigenvalue weighted by Crippen LogP contribution is 2.40. The van der Waals surface area contributed by atoms with Gasteiger partial charge in [0, 0.05) is 19.1 Å². The Labute approximate surface area is 104 Å². The molecule has 98 valence electrons. The predicted octanol–water partition coefficient (Wildman–Crippen LogP) is 2.61. The lowest BCUT2D eigenvalue weighted by molar-refractivity contribution is -0.149. The summed E-state index contributed by atoms with van der Waals surface area (Å²) >= 11 is 0. The number of hydrogen-bond donors (Lipinski definition) is 1. The molecule has 0 aromatic rings. The van der Waals surface area contributed by atoms with Crippen molar-refractivity contribution in [2.24, 2.45) is 17.3 Å². The summed E-state index contributed by atoms with van der Waals surface area (Å²) in [6.07, 6.45) is 5.13. The first-order valence-corrected chi connectivity index (χ1v) is 6.85. The van der Waals surface area contributed by atoms with Crippen LogP contribution in [0.5, 0.6) is 0 Å². The van der Waals surface area contributed by atoms with Crippen LogP contribution in [0.2, 0.25) is 0 Å². The van der Waals surface area contributed by atoms with Crippen molar-refractivity contribution >= 4 is 5.97 Å². The van der Waals surface area contributed by atoms with E-state index in [0.717, 1.165) is 19.0 Å². The first kappa shape index (κ1) is 12.9. The van der Waals surface area contributed by atoms with Crippen LogP contribution in [0.3, 0.4) is 0 Å². The third-order valence-electron chi connectivity index (χ3n) is 4.70. The van der Waals surface area contributed by atoms with E-state index in [0.29, 0.717) is 11.5 Å². The van der Waals surface area contributed by atoms with Crippen LogP contribution in [0.4, 0.5) is 0 Å². The van der Waals surface area contributed by atoms with E-state index in [-0.39, 0.29) is 5.92 Å². The Morgan fingerprint density at radius 1 is 1.12 bits per heavy atom. The van der Waals surface area contributed by atoms with Crippen molar-refractivity contribution in [2.75, 3.05) is 13.1 Å². The van der Waals surface area contributed by atoms with E-state index in [9.17, 15) is 4.79 Å². The van der Waals surface area contributed by atoms with Crippen molar-refractivity contribution in [3.63, 3.8) is 0 Å². The van der Waals surface area contributed by atoms with E-state index in [1.165, 1.54) is 25.7 Å². The zero-order chi connectivity index (χ0) is 12.6. The molecule has 1 saturated carbocycles. The maximum atomic E-state index is 10.8. The molecule has 0 aromatic heterocycles. The fourth-order valence-electron chi connectivity index (χ4n) is 3.27. The third kappa shape index (κ3) is 2.82. The summed E-state index contributed by atoms with van der Waals surface area (Å²) in [5, 5.41) is 8.87. The standard InChI is InChI=1S/C14H25NO2/c1-14(2,3)11-4-6-12(7-5-11)15-8-10(9-15)13(16)17/h10-12H,4-9H2,1-3H3,(H,16,17). The van der Waals surface area contributed by atoms with E-state index in [1.54, 1.807) is 0 Å². The van der Waals surface area contributed by atoms with Gasteiger partial charge in [-0.25, -0.2) is 0 Å². The van der Waals surface area contributed by atoms with Crippen LogP contribution in [0.25, 0.3) is 0 Å². The highest BCUT2D eigenvalue weighted by molar-refractivity contribution is 5.71. The Hall–Kier alpha value is -0.570. The molecule has 1 aliphatic heterocycles. The number of aliphatic carboxylic acids is 1. The zero-order valence-electron chi connectivity index (χ0n) is 11.3. The molecule has 2 fully saturated rings. The monoisotopic (exact) mass is 239 g/mol. The minimum absolute atomic E-state index is 0.102. The first-order valence-electron chi connectivity index (χ1n) is 6.85. The molecule has 1 N–H and O–H groups in total. The molecule has 2 aliphatic rings. The number of likely N-dealkylation sites (tertiary alicyclic amines) is 1. The topological polar surface area (TPSA) is 40.5 Å². The number of carboxylic acid groups (broad SMARTS) is 1. The fraction of sp³-hybridized carbons (Fsp3) is 0.929. The molecular formula is C14H25NO2. The Bertz CT molecular complexity index is 281. The summed E-state index contributed by atoms with van der Waals surface area (Å²) in [4.78, 5) is 13.1. The van der Waals surface area contributed by atoms with Crippen molar-refractivity contribution < 1.29 is 9.90 Å². The fourth-order valence-corrected chi connectivity index (χ4v) is 3.27. The molecule has 1 saturated heterocycles. The van der Waals surface area contributed by atoms with Crippen LogP contribution in [0.1, 0.15) is 46.5 Å². The van der Waals surface area contributed by atoms with Crippen LogP contribution in [-0.4, -0.2) is 35.1 Å². The Morgan fingerprint density at radius 2 is 1.65 bits per heavy atom. The van der Waals surface area contributed by atoms with Gasteiger partial charge in [-0.3, -0.25) is 9.69 Å². The predicted molar refractivity (Wildman–Crippen MR) is 67.9 cm³/mol. The van der Waals surface area contributed by atoms with Crippen LogP contribution in [0, 0.1) is 17.3 Å². The highest BCUT2D eigenvalue weighted by atomic mass is 16.4. The van der Waals surface area contributed by atoms with Gasteiger partial charge in [0.1, 0.15) is 0 Å². The van der Waals surface area contributed by atoms with E-state index in [2.05, 4.69) is 25.7 Å². The maximum absolute atomic E-state index is 10.8. The molecule has 3 heteroatoms. The second-order valence-corrected chi connectivity index (χ2v) is 6.86. The summed E-state index contributed by atoms with van der Waals surface area (Å²) in [5.41, 5.74) is 0.434. The van der Waals surface area contributed by atoms with E-state index in [4.69, 9.17) is 5.11 Å². The number of nitrogens with zero attached hydrogens (tertiary/aromatic N) is 1. The molecule has 0 aromatic carbocycles. The molecule has 0 radical (unpaired) electrons. The van der Waals surface area contributed by atoms with Gasteiger partial charge in [-0.2, -0.15) is 0 Å². The van der Waals surface area contributed by atoms with Gasteiger partial charge in [0.05, 0.1) is 5.92 Å². The van der Waals surface area contributed by atoms with Crippen LogP contribution < -0.4 is 0 Å². The lowest BCUT2D eigenvalue weighted by Gasteiger charge is -2.46. The maximum Gasteiger partial charge on any atom is 0.309 e. The average Bonchev–Trinajstić information content (AvgIpc) is 2.14. The van der Waals surface area contributed by atoms with Crippen molar-refractivity contribution in [3.8, 4) is 0 Å². The van der Waals surface area contributed by atoms with E-state index < -0.39 is 5.97 Å². The highest BCUT2D eigenvalue weighted by Gasteiger charge is 2.39. The summed E-state index contributed by atoms with van der Waals surface area (Å²) in [6, 6.07) is 0.657. The van der Waals surface area contributed by atoms with Crippen molar-refractivity contribution in [2.45, 2.75) is 52.5 Å². The molecular weight excluding hydrogens is 214 g/mol. The Morgan fingerprint density at radius 3 is 2.06 bits per heavy atom. The molecule has 0 spiro atoms. The largest absolute Gasteiger partial charge is 0.481 e. The van der Waals surface area contributed by atoms with Crippen LogP contribution in [-0.2, 0) is 4.79 Å². The molecule has 2 rings (SSSR count). The molecule has 0 amide bonds. The minimum Gasteiger partial charge on any atom is -0.481 e. The first-order chi connectivity index (χ1) is 7.88. The smallest absolute Gasteiger partial charge is 0.309 e. The van der Waals surface area contributed by atoms with Crippen LogP contribution in [0.15, 0.2) is 0 Å². The summed E-state index contributed by atoms with van der Waals surface area (Å²) in [7, 11) is 0. The van der Waals surface area contributed by atoms with Crippen molar-refractivity contribution in [1.82, 2.24) is 4.90 Å². The van der Waals surface area contributed by atoms with Crippen LogP contribution >= 0.6 is 0 Å². The summed E-state index contributed by atoms with van der Waals surface area (Å²) in [5.74, 6) is 0.121. The van der Waals surface area contributed by atoms with Gasteiger partial charge in [0.2, 0.25) is 0 Å². The molecule has 0 atom stereocenters. The second kappa shape index (κ2) is 4.60. The lowest BCUT2D eigenvalue weighted by Crippen LogP contribution is -2.55. The molecule has 3 nitrogen and oxygen atoms in total. The number of hydrogen-bond acceptors (Lipinski definition) is 2. The quantitative estimate of drug-likeness (QED) is 0.805. The van der Waals surface area contributed by atoms with Gasteiger partial charge in [0.15, 0.2) is 0 Å². The molecule has 0 unspecified atom stereocenters. The number of rotatable bonds is 2. The van der Waals surface area contributed by atoms with Gasteiger partial charge >= 0.3 is 5.97 Å². The SMILES string of the molecule is CC(C)(C)C1CCC(N2CC(C(=O)O)C2)CC1. The minimum atomic E-state index is -0.621. The zero-order valence-corrected chi connectivity index (χ0v) is 11.3. The summed E-state index contributed by atoms with van der Waals surface area (Å²) in [6.45, 7) is 8.56. The Balaban J connectivity index is 1.76. The average molecular weight is 239 g/mol. The van der Waals surface area contributed by atoms with Gasteiger partial charge in [0.25, 0.3) is 0 Å². The lowest BCUT2D eigenvalue weighted by atomic mass is 9.70. The normalized spacial score (nSPS) is 32.2. The van der Waals surface area contributed by atoms with Gasteiger partial charge in [-0.1, -0.05) is 20.8 Å². The van der Waals surface area contributed by atoms with Crippen molar-refractivity contribution in [3.05, 3.63) is 0 Å². The van der Waals surface area contributed by atoms with Gasteiger partial charge in [-0.15, -0.1) is 0 Å². The number of carbonyl (C=O) groups is 1. The van der Waals surface area contributed by atoms with Gasteiger partial charge in [-0.05, 0) is 37.0 Å². The van der Waals surface area contributed by atoms with Crippen molar-refractivity contribution in [1.29, 1.82) is 0 Å². The molecule has 0 bridgehead atoms. The summed E-state index contributed by atoms with van der Waals surface area (Å²) < 4.78 is 0. The second-order valence-electron chi connectivity index (χ2n) is 6.86. The van der Waals surface area contributed by atoms with E-state index in [1.807, 2.05) is 0 Å². The molecule has 1 aliphatic carbocycles. The molecule has 17 heavy (non-hydrogen) atoms.